The molecule has 0 bridgehead atoms. The molecule has 290 valence electrons. The molecule has 2 N–H and O–H groups in total. The Morgan fingerprint density at radius 1 is 0.868 bits per heavy atom. The average molecular weight is 727 g/mol. The number of ether oxygens (including phenoxy) is 1. The van der Waals surface area contributed by atoms with Gasteiger partial charge in [-0.1, -0.05) is 64.0 Å². The number of carboxylic acids is 1. The first-order valence-corrected chi connectivity index (χ1v) is 20.5. The van der Waals surface area contributed by atoms with Crippen LogP contribution in [0.2, 0.25) is 0 Å². The van der Waals surface area contributed by atoms with E-state index in [4.69, 9.17) is 9.72 Å². The molecule has 1 aromatic heterocycles. The third-order valence-electron chi connectivity index (χ3n) is 15.4. The molecule has 5 saturated carbocycles. The van der Waals surface area contributed by atoms with Crippen LogP contribution in [0.3, 0.4) is 0 Å². The first-order valence-electron chi connectivity index (χ1n) is 20.5. The Balaban J connectivity index is 0.00000114. The van der Waals surface area contributed by atoms with Crippen molar-refractivity contribution in [3.63, 3.8) is 0 Å². The minimum absolute atomic E-state index is 0.110. The van der Waals surface area contributed by atoms with Crippen LogP contribution in [0.25, 0.3) is 10.9 Å². The lowest BCUT2D eigenvalue weighted by Crippen LogP contribution is -2.64. The summed E-state index contributed by atoms with van der Waals surface area (Å²) in [6, 6.07) is 12.3. The minimum atomic E-state index is -1.14. The van der Waals surface area contributed by atoms with Crippen molar-refractivity contribution in [3.8, 4) is 0 Å². The van der Waals surface area contributed by atoms with E-state index in [1.165, 1.54) is 31.3 Å². The van der Waals surface area contributed by atoms with E-state index in [0.717, 1.165) is 61.5 Å². The van der Waals surface area contributed by atoms with E-state index in [2.05, 4.69) is 51.7 Å². The number of esters is 1. The number of rotatable bonds is 7. The van der Waals surface area contributed by atoms with Gasteiger partial charge >= 0.3 is 11.9 Å². The summed E-state index contributed by atoms with van der Waals surface area (Å²) >= 11 is 0. The number of hydrogen-bond donors (Lipinski definition) is 2. The van der Waals surface area contributed by atoms with Crippen LogP contribution in [0, 0.1) is 56.7 Å². The highest BCUT2D eigenvalue weighted by Gasteiger charge is 2.67. The van der Waals surface area contributed by atoms with Crippen LogP contribution in [0.15, 0.2) is 48.6 Å². The standard InChI is InChI=1S/C42H58N2O5.C4H8/c1-38(2,37(47)48)24-35(45)49-34-19-22-41(6)32(39(34,3)4)18-21-40(5)29-17-23-42(20-9-11-30(42)28(29)15-16-33(40)41)36(46)43-25-27-14-13-26-10-7-8-12-31(26)44-27;1-4(2)3/h7-8,10,12-14,28-30,32-34H,9,11,15-25H2,1-6H3,(H,43,46)(H,47,48);1H2,2-3H3. The van der Waals surface area contributed by atoms with Crippen molar-refractivity contribution in [2.45, 2.75) is 145 Å². The second-order valence-electron chi connectivity index (χ2n) is 19.8. The van der Waals surface area contributed by atoms with Gasteiger partial charge in [0, 0.05) is 10.8 Å². The summed E-state index contributed by atoms with van der Waals surface area (Å²) in [5.41, 5.74) is 1.90. The Morgan fingerprint density at radius 3 is 2.28 bits per heavy atom. The molecule has 5 aliphatic rings. The maximum absolute atomic E-state index is 14.2. The number of hydrogen-bond acceptors (Lipinski definition) is 5. The molecule has 0 spiro atoms. The number of fused-ring (bicyclic) bond motifs is 8. The summed E-state index contributed by atoms with van der Waals surface area (Å²) in [4.78, 5) is 43.7. The molecule has 1 amide bonds. The lowest BCUT2D eigenvalue weighted by atomic mass is 9.36. The summed E-state index contributed by atoms with van der Waals surface area (Å²) in [5, 5.41) is 14.1. The second-order valence-corrected chi connectivity index (χ2v) is 19.8. The summed E-state index contributed by atoms with van der Waals surface area (Å²) in [5.74, 6) is 1.65. The van der Waals surface area contributed by atoms with Crippen LogP contribution in [0.4, 0.5) is 0 Å². The van der Waals surface area contributed by atoms with Crippen LogP contribution < -0.4 is 5.32 Å². The van der Waals surface area contributed by atoms with Gasteiger partial charge in [-0.3, -0.25) is 19.4 Å². The first kappa shape index (κ1) is 39.5. The molecule has 0 saturated heterocycles. The number of aliphatic carboxylic acids is 1. The Kier molecular flexibility index (Phi) is 10.8. The number of carboxylic acid groups (broad SMARTS) is 1. The van der Waals surface area contributed by atoms with Gasteiger partial charge in [0.15, 0.2) is 0 Å². The van der Waals surface area contributed by atoms with Crippen molar-refractivity contribution in [1.82, 2.24) is 10.3 Å². The number of carbonyl (C=O) groups is 3. The monoisotopic (exact) mass is 726 g/mol. The zero-order valence-electron chi connectivity index (χ0n) is 33.9. The molecule has 0 aliphatic heterocycles. The number of para-hydroxylation sites is 1. The lowest BCUT2D eigenvalue weighted by Gasteiger charge is -2.69. The third kappa shape index (κ3) is 7.08. The number of nitrogens with one attached hydrogen (secondary N) is 1. The highest BCUT2D eigenvalue weighted by atomic mass is 16.5. The molecule has 5 fully saturated rings. The molecule has 7 heteroatoms. The molecule has 9 unspecified atom stereocenters. The first-order chi connectivity index (χ1) is 24.8. The number of nitrogens with zero attached hydrogens (tertiary/aromatic N) is 1. The molecule has 1 aromatic carbocycles. The van der Waals surface area contributed by atoms with Crippen molar-refractivity contribution in [3.05, 3.63) is 54.2 Å². The number of benzene rings is 1. The largest absolute Gasteiger partial charge is 0.481 e. The van der Waals surface area contributed by atoms with Gasteiger partial charge in [0.05, 0.1) is 35.0 Å². The highest BCUT2D eigenvalue weighted by Crippen LogP contribution is 2.73. The van der Waals surface area contributed by atoms with E-state index < -0.39 is 17.4 Å². The van der Waals surface area contributed by atoms with Gasteiger partial charge in [-0.2, -0.15) is 0 Å². The number of pyridine rings is 1. The Morgan fingerprint density at radius 2 is 1.57 bits per heavy atom. The summed E-state index contributed by atoms with van der Waals surface area (Å²) in [6.45, 7) is 20.9. The molecular formula is C46H66N2O5. The number of carbonyl (C=O) groups excluding carboxylic acids is 2. The van der Waals surface area contributed by atoms with Gasteiger partial charge in [-0.15, -0.1) is 6.58 Å². The normalized spacial score (nSPS) is 35.6. The molecule has 53 heavy (non-hydrogen) atoms. The fourth-order valence-corrected chi connectivity index (χ4v) is 13.0. The van der Waals surface area contributed by atoms with Crippen LogP contribution in [-0.4, -0.2) is 34.0 Å². The molecule has 7 nitrogen and oxygen atoms in total. The SMILES string of the molecule is C=C(C)C.CC(C)(CC(=O)OC1CCC2(C)C(CCC3(C)C4CCC5(C(=O)NCc6ccc7ccccc7n6)CCCC5C4CCC32)C1(C)C)C(=O)O. The number of amides is 1. The smallest absolute Gasteiger partial charge is 0.309 e. The van der Waals surface area contributed by atoms with Gasteiger partial charge in [0.25, 0.3) is 0 Å². The predicted octanol–water partition coefficient (Wildman–Crippen LogP) is 10.3. The highest BCUT2D eigenvalue weighted by molar-refractivity contribution is 5.84. The van der Waals surface area contributed by atoms with Crippen molar-refractivity contribution in [2.24, 2.45) is 56.7 Å². The van der Waals surface area contributed by atoms with E-state index in [0.29, 0.717) is 36.1 Å². The van der Waals surface area contributed by atoms with Gasteiger partial charge in [0.1, 0.15) is 6.10 Å². The van der Waals surface area contributed by atoms with Gasteiger partial charge < -0.3 is 15.2 Å². The quantitative estimate of drug-likeness (QED) is 0.217. The fraction of sp³-hybridized carbons (Fsp3) is 0.696. The summed E-state index contributed by atoms with van der Waals surface area (Å²) < 4.78 is 6.14. The third-order valence-corrected chi connectivity index (χ3v) is 15.4. The Bertz CT molecular complexity index is 1730. The predicted molar refractivity (Wildman–Crippen MR) is 211 cm³/mol. The molecular weight excluding hydrogens is 661 g/mol. The topological polar surface area (TPSA) is 106 Å². The van der Waals surface area contributed by atoms with Crippen LogP contribution >= 0.6 is 0 Å². The summed E-state index contributed by atoms with van der Waals surface area (Å²) in [6.07, 6.45) is 11.8. The molecule has 9 atom stereocenters. The maximum atomic E-state index is 14.2. The number of allylic oxidation sites excluding steroid dienone is 1. The van der Waals surface area contributed by atoms with Gasteiger partial charge in [-0.25, -0.2) is 0 Å². The van der Waals surface area contributed by atoms with E-state index in [-0.39, 0.29) is 40.1 Å². The average Bonchev–Trinajstić information content (AvgIpc) is 3.54. The number of aromatic nitrogens is 1. The zero-order chi connectivity index (χ0) is 38.6. The zero-order valence-corrected chi connectivity index (χ0v) is 33.9. The lowest BCUT2D eigenvalue weighted by molar-refractivity contribution is -0.222. The van der Waals surface area contributed by atoms with Crippen LogP contribution in [-0.2, 0) is 25.7 Å². The van der Waals surface area contributed by atoms with Crippen molar-refractivity contribution < 1.29 is 24.2 Å². The molecule has 0 radical (unpaired) electrons. The van der Waals surface area contributed by atoms with Crippen LogP contribution in [0.1, 0.15) is 138 Å². The Hall–Kier alpha value is -3.22. The maximum Gasteiger partial charge on any atom is 0.309 e. The molecule has 7 rings (SSSR count). The molecule has 2 aromatic rings. The van der Waals surface area contributed by atoms with Crippen molar-refractivity contribution in [2.75, 3.05) is 0 Å². The molecule has 5 aliphatic carbocycles. The van der Waals surface area contributed by atoms with Crippen molar-refractivity contribution >= 4 is 28.7 Å². The summed E-state index contributed by atoms with van der Waals surface area (Å²) in [7, 11) is 0. The van der Waals surface area contributed by atoms with Gasteiger partial charge in [0.2, 0.25) is 5.91 Å². The fourth-order valence-electron chi connectivity index (χ4n) is 13.0. The molecule has 1 heterocycles. The van der Waals surface area contributed by atoms with E-state index >= 15 is 0 Å². The minimum Gasteiger partial charge on any atom is -0.481 e. The second kappa shape index (κ2) is 14.5. The van der Waals surface area contributed by atoms with Gasteiger partial charge in [-0.05, 0) is 144 Å². The van der Waals surface area contributed by atoms with Crippen molar-refractivity contribution in [1.29, 1.82) is 0 Å². The Labute approximate surface area is 318 Å². The van der Waals surface area contributed by atoms with E-state index in [1.807, 2.05) is 38.1 Å². The van der Waals surface area contributed by atoms with Crippen LogP contribution in [0.5, 0.6) is 0 Å². The van der Waals surface area contributed by atoms with E-state index in [1.54, 1.807) is 13.8 Å². The van der Waals surface area contributed by atoms with E-state index in [9.17, 15) is 19.5 Å².